The van der Waals surface area contributed by atoms with Crippen molar-refractivity contribution >= 4 is 43.4 Å². The van der Waals surface area contributed by atoms with Gasteiger partial charge < -0.3 is 10.6 Å². The second kappa shape index (κ2) is 8.26. The van der Waals surface area contributed by atoms with Gasteiger partial charge in [0.05, 0.1) is 16.1 Å². The van der Waals surface area contributed by atoms with E-state index in [0.29, 0.717) is 13.1 Å². The standard InChI is InChI=1S/C17H18N4O3S2/c22-16(12-20-26(23,24)13-6-2-1-3-7-13)18-10-11-19-17-14-8-4-5-9-15(14)25-21-17/h1-9,20H,10-12H2,(H,18,22)(H,19,21). The van der Waals surface area contributed by atoms with Gasteiger partial charge in [0, 0.05) is 18.5 Å². The van der Waals surface area contributed by atoms with Crippen LogP contribution in [-0.2, 0) is 14.8 Å². The molecule has 0 fully saturated rings. The number of amides is 1. The van der Waals surface area contributed by atoms with Gasteiger partial charge in [-0.25, -0.2) is 13.1 Å². The van der Waals surface area contributed by atoms with Crippen molar-refractivity contribution in [1.82, 2.24) is 14.4 Å². The molecule has 0 aliphatic rings. The highest BCUT2D eigenvalue weighted by Gasteiger charge is 2.14. The lowest BCUT2D eigenvalue weighted by Gasteiger charge is -2.08. The molecule has 0 aliphatic carbocycles. The van der Waals surface area contributed by atoms with E-state index in [2.05, 4.69) is 19.7 Å². The molecular weight excluding hydrogens is 372 g/mol. The van der Waals surface area contributed by atoms with Crippen LogP contribution in [-0.4, -0.2) is 38.3 Å². The van der Waals surface area contributed by atoms with Crippen molar-refractivity contribution in [3.05, 3.63) is 54.6 Å². The Labute approximate surface area is 155 Å². The van der Waals surface area contributed by atoms with E-state index in [1.165, 1.54) is 23.7 Å². The van der Waals surface area contributed by atoms with Crippen molar-refractivity contribution in [2.24, 2.45) is 0 Å². The molecule has 1 amide bonds. The second-order valence-corrected chi connectivity index (χ2v) is 8.01. The third-order valence-corrected chi connectivity index (χ3v) is 5.84. The van der Waals surface area contributed by atoms with E-state index in [0.717, 1.165) is 15.9 Å². The molecule has 3 N–H and O–H groups in total. The van der Waals surface area contributed by atoms with E-state index >= 15 is 0 Å². The molecule has 136 valence electrons. The van der Waals surface area contributed by atoms with E-state index < -0.39 is 15.9 Å². The minimum absolute atomic E-state index is 0.130. The number of hydrogen-bond donors (Lipinski definition) is 3. The number of carbonyl (C=O) groups excluding carboxylic acids is 1. The third kappa shape index (κ3) is 4.57. The summed E-state index contributed by atoms with van der Waals surface area (Å²) in [5, 5.41) is 6.87. The first-order chi connectivity index (χ1) is 12.6. The van der Waals surface area contributed by atoms with Gasteiger partial charge in [-0.2, -0.15) is 4.37 Å². The number of rotatable bonds is 8. The zero-order chi connectivity index (χ0) is 18.4. The molecule has 0 spiro atoms. The van der Waals surface area contributed by atoms with Crippen LogP contribution in [0.15, 0.2) is 59.5 Å². The van der Waals surface area contributed by atoms with Gasteiger partial charge in [-0.1, -0.05) is 30.3 Å². The quantitative estimate of drug-likeness (QED) is 0.509. The molecule has 0 atom stereocenters. The molecule has 1 aromatic heterocycles. The molecule has 0 saturated heterocycles. The summed E-state index contributed by atoms with van der Waals surface area (Å²) in [5.41, 5.74) is 0. The van der Waals surface area contributed by atoms with Crippen molar-refractivity contribution in [2.45, 2.75) is 4.90 Å². The first-order valence-electron chi connectivity index (χ1n) is 7.96. The predicted octanol–water partition coefficient (Wildman–Crippen LogP) is 1.80. The van der Waals surface area contributed by atoms with Gasteiger partial charge in [0.25, 0.3) is 0 Å². The minimum atomic E-state index is -3.68. The van der Waals surface area contributed by atoms with Gasteiger partial charge in [0.2, 0.25) is 15.9 Å². The van der Waals surface area contributed by atoms with Gasteiger partial charge >= 0.3 is 0 Å². The summed E-state index contributed by atoms with van der Waals surface area (Å²) in [6.45, 7) is 0.541. The summed E-state index contributed by atoms with van der Waals surface area (Å²) in [6, 6.07) is 15.8. The summed E-state index contributed by atoms with van der Waals surface area (Å²) in [7, 11) is -3.68. The van der Waals surface area contributed by atoms with Crippen LogP contribution in [0.2, 0.25) is 0 Å². The number of nitrogens with one attached hydrogen (secondary N) is 3. The van der Waals surface area contributed by atoms with Crippen LogP contribution in [0, 0.1) is 0 Å². The van der Waals surface area contributed by atoms with E-state index in [-0.39, 0.29) is 11.4 Å². The summed E-state index contributed by atoms with van der Waals surface area (Å²) >= 11 is 1.41. The lowest BCUT2D eigenvalue weighted by Crippen LogP contribution is -2.38. The number of benzene rings is 2. The normalized spacial score (nSPS) is 11.4. The monoisotopic (exact) mass is 390 g/mol. The maximum Gasteiger partial charge on any atom is 0.241 e. The Morgan fingerprint density at radius 1 is 1.00 bits per heavy atom. The summed E-state index contributed by atoms with van der Waals surface area (Å²) in [5.74, 6) is 0.388. The topological polar surface area (TPSA) is 100 Å². The molecular formula is C17H18N4O3S2. The van der Waals surface area contributed by atoms with E-state index in [1.807, 2.05) is 24.3 Å². The van der Waals surface area contributed by atoms with Gasteiger partial charge in [0.15, 0.2) is 0 Å². The zero-order valence-corrected chi connectivity index (χ0v) is 15.4. The molecule has 0 radical (unpaired) electrons. The van der Waals surface area contributed by atoms with Crippen LogP contribution in [0.5, 0.6) is 0 Å². The van der Waals surface area contributed by atoms with Gasteiger partial charge in [-0.3, -0.25) is 4.79 Å². The zero-order valence-electron chi connectivity index (χ0n) is 13.8. The van der Waals surface area contributed by atoms with Crippen molar-refractivity contribution in [3.8, 4) is 0 Å². The highest BCUT2D eigenvalue weighted by molar-refractivity contribution is 7.89. The molecule has 7 nitrogen and oxygen atoms in total. The third-order valence-electron chi connectivity index (χ3n) is 3.59. The molecule has 1 heterocycles. The number of aromatic nitrogens is 1. The van der Waals surface area contributed by atoms with Crippen LogP contribution >= 0.6 is 11.5 Å². The van der Waals surface area contributed by atoms with Crippen molar-refractivity contribution in [3.63, 3.8) is 0 Å². The van der Waals surface area contributed by atoms with Crippen LogP contribution in [0.4, 0.5) is 5.82 Å². The highest BCUT2D eigenvalue weighted by atomic mass is 32.2. The molecule has 26 heavy (non-hydrogen) atoms. The number of nitrogens with zero attached hydrogens (tertiary/aromatic N) is 1. The largest absolute Gasteiger partial charge is 0.367 e. The fourth-order valence-corrected chi connectivity index (χ4v) is 4.06. The average Bonchev–Trinajstić information content (AvgIpc) is 3.08. The fourth-order valence-electron chi connectivity index (χ4n) is 2.30. The molecule has 2 aromatic carbocycles. The van der Waals surface area contributed by atoms with E-state index in [4.69, 9.17) is 0 Å². The Kier molecular flexibility index (Phi) is 5.82. The van der Waals surface area contributed by atoms with Crippen LogP contribution in [0.1, 0.15) is 0 Å². The van der Waals surface area contributed by atoms with E-state index in [1.54, 1.807) is 18.2 Å². The highest BCUT2D eigenvalue weighted by Crippen LogP contribution is 2.25. The average molecular weight is 390 g/mol. The number of fused-ring (bicyclic) bond motifs is 1. The van der Waals surface area contributed by atoms with E-state index in [9.17, 15) is 13.2 Å². The second-order valence-electron chi connectivity index (χ2n) is 5.44. The fraction of sp³-hybridized carbons (Fsp3) is 0.176. The lowest BCUT2D eigenvalue weighted by atomic mass is 10.2. The molecule has 0 aliphatic heterocycles. The molecule has 0 bridgehead atoms. The van der Waals surface area contributed by atoms with Crippen LogP contribution in [0.3, 0.4) is 0 Å². The Morgan fingerprint density at radius 3 is 2.54 bits per heavy atom. The Morgan fingerprint density at radius 2 is 1.73 bits per heavy atom. The summed E-state index contributed by atoms with van der Waals surface area (Å²) in [6.07, 6.45) is 0. The molecule has 0 saturated carbocycles. The van der Waals surface area contributed by atoms with Gasteiger partial charge in [0.1, 0.15) is 5.82 Å². The van der Waals surface area contributed by atoms with Crippen molar-refractivity contribution in [1.29, 1.82) is 0 Å². The van der Waals surface area contributed by atoms with Gasteiger partial charge in [-0.05, 0) is 35.8 Å². The number of anilines is 1. The Bertz CT molecular complexity index is 987. The maximum atomic E-state index is 12.0. The molecule has 0 unspecified atom stereocenters. The molecule has 3 aromatic rings. The summed E-state index contributed by atoms with van der Waals surface area (Å²) < 4.78 is 31.8. The lowest BCUT2D eigenvalue weighted by molar-refractivity contribution is -0.119. The summed E-state index contributed by atoms with van der Waals surface area (Å²) in [4.78, 5) is 11.9. The predicted molar refractivity (Wildman–Crippen MR) is 103 cm³/mol. The van der Waals surface area contributed by atoms with Gasteiger partial charge in [-0.15, -0.1) is 0 Å². The maximum absolute atomic E-state index is 12.0. The number of hydrogen-bond acceptors (Lipinski definition) is 6. The molecule has 9 heteroatoms. The number of carbonyl (C=O) groups is 1. The minimum Gasteiger partial charge on any atom is -0.367 e. The SMILES string of the molecule is O=C(CNS(=O)(=O)c1ccccc1)NCCNc1nsc2ccccc12. The molecule has 3 rings (SSSR count). The van der Waals surface area contributed by atoms with Crippen molar-refractivity contribution < 1.29 is 13.2 Å². The van der Waals surface area contributed by atoms with Crippen molar-refractivity contribution in [2.75, 3.05) is 25.0 Å². The first kappa shape index (κ1) is 18.3. The smallest absolute Gasteiger partial charge is 0.241 e. The number of sulfonamides is 1. The Hall–Kier alpha value is -2.49. The van der Waals surface area contributed by atoms with Crippen LogP contribution in [0.25, 0.3) is 10.1 Å². The van der Waals surface area contributed by atoms with Crippen LogP contribution < -0.4 is 15.4 Å². The first-order valence-corrected chi connectivity index (χ1v) is 10.2. The Balaban J connectivity index is 1.42.